The van der Waals surface area contributed by atoms with Gasteiger partial charge in [-0.3, -0.25) is 4.90 Å². The zero-order valence-electron chi connectivity index (χ0n) is 11.9. The SMILES string of the molecule is FC1(F)C=CC(C(c2ccccc2)N2CCNCC2)C=C1. The summed E-state index contributed by atoms with van der Waals surface area (Å²) in [5.41, 5.74) is 1.18. The van der Waals surface area contributed by atoms with Gasteiger partial charge in [0.25, 0.3) is 5.92 Å². The Kier molecular flexibility index (Phi) is 4.17. The van der Waals surface area contributed by atoms with Crippen molar-refractivity contribution in [3.8, 4) is 0 Å². The monoisotopic (exact) mass is 290 g/mol. The lowest BCUT2D eigenvalue weighted by Crippen LogP contribution is -2.46. The van der Waals surface area contributed by atoms with Crippen molar-refractivity contribution in [1.82, 2.24) is 10.2 Å². The highest BCUT2D eigenvalue weighted by molar-refractivity contribution is 5.28. The van der Waals surface area contributed by atoms with Crippen LogP contribution in [0.3, 0.4) is 0 Å². The molecule has 112 valence electrons. The number of allylic oxidation sites excluding steroid dienone is 2. The van der Waals surface area contributed by atoms with Gasteiger partial charge in [-0.25, -0.2) is 0 Å². The quantitative estimate of drug-likeness (QED) is 0.861. The van der Waals surface area contributed by atoms with Crippen molar-refractivity contribution in [2.45, 2.75) is 12.0 Å². The van der Waals surface area contributed by atoms with Gasteiger partial charge in [-0.1, -0.05) is 42.5 Å². The smallest absolute Gasteiger partial charge is 0.284 e. The molecule has 1 saturated heterocycles. The predicted molar refractivity (Wildman–Crippen MR) is 80.3 cm³/mol. The van der Waals surface area contributed by atoms with Crippen LogP contribution in [0.2, 0.25) is 0 Å². The highest BCUT2D eigenvalue weighted by Gasteiger charge is 2.32. The second kappa shape index (κ2) is 6.08. The average molecular weight is 290 g/mol. The van der Waals surface area contributed by atoms with Crippen LogP contribution in [-0.4, -0.2) is 37.0 Å². The third-order valence-electron chi connectivity index (χ3n) is 4.13. The summed E-state index contributed by atoms with van der Waals surface area (Å²) in [4.78, 5) is 2.38. The number of hydrogen-bond donors (Lipinski definition) is 1. The molecule has 1 aliphatic carbocycles. The summed E-state index contributed by atoms with van der Waals surface area (Å²) in [5, 5.41) is 3.34. The molecule has 0 amide bonds. The number of alkyl halides is 2. The molecule has 1 aromatic carbocycles. The maximum atomic E-state index is 13.3. The Morgan fingerprint density at radius 1 is 1.05 bits per heavy atom. The van der Waals surface area contributed by atoms with Gasteiger partial charge in [0.15, 0.2) is 0 Å². The van der Waals surface area contributed by atoms with E-state index < -0.39 is 5.92 Å². The number of nitrogens with one attached hydrogen (secondary N) is 1. The minimum atomic E-state index is -2.80. The van der Waals surface area contributed by atoms with E-state index in [1.807, 2.05) is 18.2 Å². The summed E-state index contributed by atoms with van der Waals surface area (Å²) in [6.45, 7) is 3.77. The fraction of sp³-hybridized carbons (Fsp3) is 0.412. The van der Waals surface area contributed by atoms with Crippen molar-refractivity contribution in [1.29, 1.82) is 0 Å². The van der Waals surface area contributed by atoms with E-state index in [0.29, 0.717) is 0 Å². The van der Waals surface area contributed by atoms with Crippen molar-refractivity contribution in [3.05, 3.63) is 60.2 Å². The number of benzene rings is 1. The molecule has 1 heterocycles. The van der Waals surface area contributed by atoms with Crippen molar-refractivity contribution in [3.63, 3.8) is 0 Å². The number of piperazine rings is 1. The minimum absolute atomic E-state index is 0.00914. The molecule has 0 spiro atoms. The number of rotatable bonds is 3. The van der Waals surface area contributed by atoms with Crippen LogP contribution in [0.1, 0.15) is 11.6 Å². The summed E-state index contributed by atoms with van der Waals surface area (Å²) in [6, 6.07) is 10.3. The third-order valence-corrected chi connectivity index (χ3v) is 4.13. The average Bonchev–Trinajstić information content (AvgIpc) is 2.51. The summed E-state index contributed by atoms with van der Waals surface area (Å²) in [6.07, 6.45) is 5.35. The zero-order chi connectivity index (χ0) is 14.7. The van der Waals surface area contributed by atoms with E-state index in [0.717, 1.165) is 38.3 Å². The van der Waals surface area contributed by atoms with Gasteiger partial charge in [0.05, 0.1) is 0 Å². The molecule has 1 N–H and O–H groups in total. The molecule has 4 heteroatoms. The molecule has 1 unspecified atom stereocenters. The second-order valence-corrected chi connectivity index (χ2v) is 5.61. The lowest BCUT2D eigenvalue weighted by molar-refractivity contribution is 0.103. The Hall–Kier alpha value is -1.52. The number of nitrogens with zero attached hydrogens (tertiary/aromatic N) is 1. The van der Waals surface area contributed by atoms with E-state index >= 15 is 0 Å². The zero-order valence-corrected chi connectivity index (χ0v) is 11.9. The maximum absolute atomic E-state index is 13.3. The first-order valence-corrected chi connectivity index (χ1v) is 7.42. The summed E-state index contributed by atoms with van der Waals surface area (Å²) in [5.74, 6) is -2.81. The van der Waals surface area contributed by atoms with E-state index in [4.69, 9.17) is 0 Å². The topological polar surface area (TPSA) is 15.3 Å². The first-order valence-electron chi connectivity index (χ1n) is 7.42. The highest BCUT2D eigenvalue weighted by Crippen LogP contribution is 2.35. The predicted octanol–water partition coefficient (Wildman–Crippen LogP) is 3.01. The highest BCUT2D eigenvalue weighted by atomic mass is 19.3. The molecule has 1 atom stereocenters. The molecule has 1 aromatic rings. The molecule has 2 aliphatic rings. The molecule has 21 heavy (non-hydrogen) atoms. The van der Waals surface area contributed by atoms with Gasteiger partial charge >= 0.3 is 0 Å². The van der Waals surface area contributed by atoms with E-state index in [9.17, 15) is 8.78 Å². The fourth-order valence-electron chi connectivity index (χ4n) is 3.10. The Morgan fingerprint density at radius 2 is 1.67 bits per heavy atom. The van der Waals surface area contributed by atoms with Crippen LogP contribution in [0.4, 0.5) is 8.78 Å². The second-order valence-electron chi connectivity index (χ2n) is 5.61. The van der Waals surface area contributed by atoms with Crippen LogP contribution >= 0.6 is 0 Å². The minimum Gasteiger partial charge on any atom is -0.314 e. The maximum Gasteiger partial charge on any atom is 0.284 e. The summed E-state index contributed by atoms with van der Waals surface area (Å²) < 4.78 is 26.6. The van der Waals surface area contributed by atoms with Crippen LogP contribution in [0.15, 0.2) is 54.6 Å². The lowest BCUT2D eigenvalue weighted by Gasteiger charge is -2.38. The van der Waals surface area contributed by atoms with Crippen molar-refractivity contribution >= 4 is 0 Å². The van der Waals surface area contributed by atoms with Crippen LogP contribution in [0.25, 0.3) is 0 Å². The summed E-state index contributed by atoms with van der Waals surface area (Å²) >= 11 is 0. The van der Waals surface area contributed by atoms with E-state index in [1.165, 1.54) is 5.56 Å². The van der Waals surface area contributed by atoms with Crippen LogP contribution in [0.5, 0.6) is 0 Å². The van der Waals surface area contributed by atoms with E-state index in [1.54, 1.807) is 12.2 Å². The molecule has 0 aromatic heterocycles. The van der Waals surface area contributed by atoms with Gasteiger partial charge in [-0.15, -0.1) is 0 Å². The van der Waals surface area contributed by atoms with Gasteiger partial charge < -0.3 is 5.32 Å². The van der Waals surface area contributed by atoms with E-state index in [-0.39, 0.29) is 12.0 Å². The van der Waals surface area contributed by atoms with Gasteiger partial charge in [0.2, 0.25) is 0 Å². The first-order chi connectivity index (χ1) is 10.2. The number of hydrogen-bond acceptors (Lipinski definition) is 2. The standard InChI is InChI=1S/C17H20F2N2/c18-17(19)8-6-15(7-9-17)16(14-4-2-1-3-5-14)21-12-10-20-11-13-21/h1-9,15-16,20H,10-13H2. The van der Waals surface area contributed by atoms with Gasteiger partial charge in [0.1, 0.15) is 0 Å². The third kappa shape index (κ3) is 3.39. The largest absolute Gasteiger partial charge is 0.314 e. The molecule has 0 radical (unpaired) electrons. The normalized spacial score (nSPS) is 24.1. The molecule has 1 aliphatic heterocycles. The van der Waals surface area contributed by atoms with Crippen LogP contribution < -0.4 is 5.32 Å². The fourth-order valence-corrected chi connectivity index (χ4v) is 3.10. The Morgan fingerprint density at radius 3 is 2.29 bits per heavy atom. The van der Waals surface area contributed by atoms with Gasteiger partial charge in [-0.05, 0) is 17.7 Å². The lowest BCUT2D eigenvalue weighted by atomic mass is 9.87. The van der Waals surface area contributed by atoms with E-state index in [2.05, 4.69) is 22.3 Å². The molecular formula is C17H20F2N2. The van der Waals surface area contributed by atoms with Crippen molar-refractivity contribution in [2.75, 3.05) is 26.2 Å². The Bertz CT molecular complexity index is 503. The molecule has 3 rings (SSSR count). The number of halogens is 2. The summed E-state index contributed by atoms with van der Waals surface area (Å²) in [7, 11) is 0. The molecular weight excluding hydrogens is 270 g/mol. The van der Waals surface area contributed by atoms with Gasteiger partial charge in [-0.2, -0.15) is 8.78 Å². The molecule has 2 nitrogen and oxygen atoms in total. The van der Waals surface area contributed by atoms with Crippen LogP contribution in [-0.2, 0) is 0 Å². The molecule has 1 fully saturated rings. The molecule has 0 bridgehead atoms. The first kappa shape index (κ1) is 14.4. The Labute approximate surface area is 124 Å². The van der Waals surface area contributed by atoms with Crippen molar-refractivity contribution < 1.29 is 8.78 Å². The van der Waals surface area contributed by atoms with Crippen LogP contribution in [0, 0.1) is 5.92 Å². The van der Waals surface area contributed by atoms with Crippen molar-refractivity contribution in [2.24, 2.45) is 5.92 Å². The molecule has 0 saturated carbocycles. The van der Waals surface area contributed by atoms with Gasteiger partial charge in [0, 0.05) is 38.1 Å². The Balaban J connectivity index is 1.88.